The molecule has 0 spiro atoms. The van der Waals surface area contributed by atoms with Crippen molar-refractivity contribution in [3.8, 4) is 34.3 Å². The molecule has 1 saturated carbocycles. The number of hydrogen-bond donors (Lipinski definition) is 4. The van der Waals surface area contributed by atoms with Crippen LogP contribution in [0.3, 0.4) is 0 Å². The number of rotatable bonds is 8. The summed E-state index contributed by atoms with van der Waals surface area (Å²) in [5.41, 5.74) is 6.09. The van der Waals surface area contributed by atoms with E-state index in [-0.39, 0.29) is 60.2 Å². The molecule has 2 amide bonds. The molecule has 4 aliphatic rings. The molecular weight excluding hydrogens is 850 g/mol. The molecule has 2 aromatic heterocycles. The van der Waals surface area contributed by atoms with Crippen LogP contribution in [0.5, 0.6) is 11.5 Å². The van der Waals surface area contributed by atoms with E-state index < -0.39 is 6.09 Å². The van der Waals surface area contributed by atoms with Crippen LogP contribution in [-0.2, 0) is 18.9 Å². The van der Waals surface area contributed by atoms with Gasteiger partial charge in [0.1, 0.15) is 29.5 Å². The Hall–Kier alpha value is -6.29. The maximum absolute atomic E-state index is 12.3. The first-order valence-corrected chi connectivity index (χ1v) is 22.1. The molecule has 4 N–H and O–H groups in total. The third-order valence-corrected chi connectivity index (χ3v) is 12.3. The van der Waals surface area contributed by atoms with Crippen LogP contribution in [0, 0.1) is 13.8 Å². The third kappa shape index (κ3) is 10.6. The summed E-state index contributed by atoms with van der Waals surface area (Å²) >= 11 is 0. The van der Waals surface area contributed by atoms with E-state index in [0.717, 1.165) is 89.5 Å². The lowest BCUT2D eigenvalue weighted by Crippen LogP contribution is -2.39. The van der Waals surface area contributed by atoms with Gasteiger partial charge in [0, 0.05) is 48.7 Å². The summed E-state index contributed by atoms with van der Waals surface area (Å²) in [6, 6.07) is 26.5. The predicted molar refractivity (Wildman–Crippen MR) is 249 cm³/mol. The first-order valence-electron chi connectivity index (χ1n) is 22.1. The van der Waals surface area contributed by atoms with E-state index in [1.165, 1.54) is 0 Å². The summed E-state index contributed by atoms with van der Waals surface area (Å²) in [6.07, 6.45) is 3.77. The van der Waals surface area contributed by atoms with E-state index >= 15 is 0 Å². The molecule has 65 heavy (non-hydrogen) atoms. The van der Waals surface area contributed by atoms with E-state index in [1.807, 2.05) is 56.3 Å². The molecule has 3 aliphatic heterocycles. The van der Waals surface area contributed by atoms with Gasteiger partial charge in [-0.15, -0.1) is 12.4 Å². The average Bonchev–Trinajstić information content (AvgIpc) is 4.14. The van der Waals surface area contributed by atoms with Gasteiger partial charge in [-0.2, -0.15) is 0 Å². The maximum atomic E-state index is 12.3. The van der Waals surface area contributed by atoms with E-state index in [0.29, 0.717) is 55.7 Å². The number of nitrogens with one attached hydrogen (secondary N) is 2. The van der Waals surface area contributed by atoms with Gasteiger partial charge in [0.25, 0.3) is 0 Å². The van der Waals surface area contributed by atoms with Crippen molar-refractivity contribution in [2.45, 2.75) is 82.6 Å². The standard InChI is InChI=1S/C25H27N3O4.C24H26N4O4.ClH/c1-15-6-9-19-21(12-15)27-24(20-4-2-3-5-22(20)29)28-23(19)16-7-8-17(13-16)26-25(30)32-18-10-11-31-14-18;1-15-6-7-18-20(12-15)26-22(19-4-2-3-5-21(19)29)27-23(18)28-10-8-16(13-28)25-24(30)32-17-9-11-31-14-17;/h2-6,9,12,16-18,29H,7-8,10-11,13-14H2,1H3,(H,26,30);2-7,12,16-17,29H,8-11,13-14H2,1H3,(H,25,30);1H/t16?,17-,18+;16-,17?;/m11./s1. The predicted octanol–water partition coefficient (Wildman–Crippen LogP) is 8.29. The average molecular weight is 904 g/mol. The number of carbonyl (C=O) groups is 2. The quantitative estimate of drug-likeness (QED) is 0.114. The molecule has 15 nitrogen and oxygen atoms in total. The van der Waals surface area contributed by atoms with Gasteiger partial charge in [-0.25, -0.2) is 29.5 Å². The van der Waals surface area contributed by atoms with E-state index in [1.54, 1.807) is 24.3 Å². The van der Waals surface area contributed by atoms with Crippen molar-refractivity contribution in [2.75, 3.05) is 44.4 Å². The van der Waals surface area contributed by atoms with Gasteiger partial charge < -0.3 is 44.7 Å². The highest BCUT2D eigenvalue weighted by Crippen LogP contribution is 2.39. The molecule has 10 rings (SSSR count). The number of benzene rings is 4. The summed E-state index contributed by atoms with van der Waals surface area (Å²) in [6.45, 7) is 7.65. The smallest absolute Gasteiger partial charge is 0.407 e. The highest BCUT2D eigenvalue weighted by Gasteiger charge is 2.32. The first kappa shape index (κ1) is 45.3. The van der Waals surface area contributed by atoms with Crippen LogP contribution in [0.1, 0.15) is 61.3 Å². The zero-order valence-electron chi connectivity index (χ0n) is 36.4. The zero-order chi connectivity index (χ0) is 44.2. The van der Waals surface area contributed by atoms with Crippen LogP contribution in [0.4, 0.5) is 15.4 Å². The van der Waals surface area contributed by atoms with Gasteiger partial charge in [-0.05, 0) is 93.1 Å². The van der Waals surface area contributed by atoms with E-state index in [4.69, 9.17) is 38.9 Å². The van der Waals surface area contributed by atoms with Crippen molar-refractivity contribution in [3.63, 3.8) is 0 Å². The summed E-state index contributed by atoms with van der Waals surface area (Å²) in [7, 11) is 0. The Morgan fingerprint density at radius 1 is 0.662 bits per heavy atom. The molecule has 5 heterocycles. The Balaban J connectivity index is 0.000000175. The topological polar surface area (TPSA) is 190 Å². The number of nitrogens with zero attached hydrogens (tertiary/aromatic N) is 5. The summed E-state index contributed by atoms with van der Waals surface area (Å²) in [5.74, 6) is 2.30. The minimum absolute atomic E-state index is 0. The number of anilines is 1. The minimum Gasteiger partial charge on any atom is -0.507 e. The lowest BCUT2D eigenvalue weighted by atomic mass is 9.98. The normalized spacial score (nSPS) is 21.4. The van der Waals surface area contributed by atoms with Crippen molar-refractivity contribution in [2.24, 2.45) is 0 Å². The van der Waals surface area contributed by atoms with Crippen molar-refractivity contribution in [1.82, 2.24) is 30.6 Å². The van der Waals surface area contributed by atoms with Crippen molar-refractivity contribution < 1.29 is 38.7 Å². The number of alkyl carbamates (subject to hydrolysis) is 2. The van der Waals surface area contributed by atoms with Crippen LogP contribution in [0.2, 0.25) is 0 Å². The minimum atomic E-state index is -0.398. The molecule has 4 aromatic carbocycles. The fraction of sp³-hybridized carbons (Fsp3) is 0.388. The molecule has 3 saturated heterocycles. The molecule has 4 fully saturated rings. The largest absolute Gasteiger partial charge is 0.507 e. The van der Waals surface area contributed by atoms with Crippen LogP contribution in [0.25, 0.3) is 44.6 Å². The number of carbonyl (C=O) groups excluding carboxylic acids is 2. The number of amides is 2. The first-order chi connectivity index (χ1) is 31.1. The van der Waals surface area contributed by atoms with Crippen molar-refractivity contribution in [1.29, 1.82) is 0 Å². The molecule has 5 atom stereocenters. The van der Waals surface area contributed by atoms with Crippen LogP contribution < -0.4 is 15.5 Å². The Morgan fingerprint density at radius 3 is 1.80 bits per heavy atom. The second-order valence-electron chi connectivity index (χ2n) is 17.1. The summed E-state index contributed by atoms with van der Waals surface area (Å²) in [5, 5.41) is 28.7. The monoisotopic (exact) mass is 903 g/mol. The maximum Gasteiger partial charge on any atom is 0.407 e. The van der Waals surface area contributed by atoms with Crippen molar-refractivity contribution in [3.05, 3.63) is 102 Å². The molecule has 0 radical (unpaired) electrons. The summed E-state index contributed by atoms with van der Waals surface area (Å²) < 4.78 is 21.4. The number of aromatic nitrogens is 4. The number of phenolic OH excluding ortho intramolecular Hbond substituents is 2. The van der Waals surface area contributed by atoms with Crippen LogP contribution in [-0.4, -0.2) is 106 Å². The number of halogens is 1. The second-order valence-corrected chi connectivity index (χ2v) is 17.1. The van der Waals surface area contributed by atoms with E-state index in [2.05, 4.69) is 33.7 Å². The number of phenols is 2. The van der Waals surface area contributed by atoms with Crippen molar-refractivity contribution >= 4 is 52.2 Å². The van der Waals surface area contributed by atoms with Gasteiger partial charge in [0.2, 0.25) is 0 Å². The number of ether oxygens (including phenoxy) is 4. The number of aromatic hydroxyl groups is 2. The fourth-order valence-corrected chi connectivity index (χ4v) is 8.95. The Labute approximate surface area is 383 Å². The molecule has 16 heteroatoms. The molecule has 6 aromatic rings. The number of hydrogen-bond acceptors (Lipinski definition) is 13. The zero-order valence-corrected chi connectivity index (χ0v) is 37.3. The molecular formula is C49H54ClN7O8. The molecule has 0 bridgehead atoms. The van der Waals surface area contributed by atoms with Crippen LogP contribution >= 0.6 is 12.4 Å². The van der Waals surface area contributed by atoms with E-state index in [9.17, 15) is 19.8 Å². The van der Waals surface area contributed by atoms with Gasteiger partial charge in [-0.1, -0.05) is 42.5 Å². The van der Waals surface area contributed by atoms with Gasteiger partial charge in [-0.3, -0.25) is 0 Å². The highest BCUT2D eigenvalue weighted by molar-refractivity contribution is 5.92. The van der Waals surface area contributed by atoms with Gasteiger partial charge >= 0.3 is 12.2 Å². The second kappa shape index (κ2) is 20.3. The Morgan fingerprint density at radius 2 is 1.22 bits per heavy atom. The third-order valence-electron chi connectivity index (χ3n) is 12.3. The Bertz CT molecular complexity index is 2480. The van der Waals surface area contributed by atoms with Gasteiger partial charge in [0.15, 0.2) is 11.6 Å². The van der Waals surface area contributed by atoms with Crippen LogP contribution in [0.15, 0.2) is 84.9 Å². The SMILES string of the molecule is Cc1ccc2c(C3CC[C@@H](NC(=O)O[C@H]4CCOC4)C3)nc(-c3ccccc3O)nc2c1.Cc1ccc2c(N3CC[C@@H](NC(=O)OC4CCOC4)C3)nc(-c3ccccc3O)nc2c1.Cl. The Kier molecular flexibility index (Phi) is 14.1. The number of aryl methyl sites for hydroxylation is 2. The fourth-order valence-electron chi connectivity index (χ4n) is 8.95. The summed E-state index contributed by atoms with van der Waals surface area (Å²) in [4.78, 5) is 45.9. The molecule has 340 valence electrons. The molecule has 1 aliphatic carbocycles. The lowest BCUT2D eigenvalue weighted by molar-refractivity contribution is 0.0805. The van der Waals surface area contributed by atoms with Gasteiger partial charge in [0.05, 0.1) is 60.3 Å². The highest BCUT2D eigenvalue weighted by atomic mass is 35.5. The number of para-hydroxylation sites is 2. The lowest BCUT2D eigenvalue weighted by Gasteiger charge is -2.21. The molecule has 2 unspecified atom stereocenters. The number of fused-ring (bicyclic) bond motifs is 2.